The normalized spacial score (nSPS) is 12.6. The van der Waals surface area contributed by atoms with E-state index in [-0.39, 0.29) is 11.9 Å². The molecule has 0 radical (unpaired) electrons. The molecule has 0 fully saturated rings. The molecule has 31 heavy (non-hydrogen) atoms. The summed E-state index contributed by atoms with van der Waals surface area (Å²) in [6.07, 6.45) is 3.02. The molecule has 1 atom stereocenters. The topological polar surface area (TPSA) is 91.5 Å². The maximum absolute atomic E-state index is 12.2. The van der Waals surface area contributed by atoms with E-state index in [1.54, 1.807) is 0 Å². The lowest BCUT2D eigenvalue weighted by molar-refractivity contribution is 0.0939. The van der Waals surface area contributed by atoms with Gasteiger partial charge in [-0.3, -0.25) is 4.79 Å². The Hall–Kier alpha value is -2.83. The number of carbonyl (C=O) groups is 1. The van der Waals surface area contributed by atoms with Gasteiger partial charge in [0.25, 0.3) is 5.91 Å². The minimum absolute atomic E-state index is 0.0424. The molecule has 1 heterocycles. The van der Waals surface area contributed by atoms with Gasteiger partial charge < -0.3 is 20.5 Å². The van der Waals surface area contributed by atoms with Crippen LogP contribution in [0.3, 0.4) is 0 Å². The van der Waals surface area contributed by atoms with Gasteiger partial charge in [0.15, 0.2) is 11.7 Å². The summed E-state index contributed by atoms with van der Waals surface area (Å²) >= 11 is 0. The van der Waals surface area contributed by atoms with Gasteiger partial charge in [0, 0.05) is 30.1 Å². The predicted octanol–water partition coefficient (Wildman–Crippen LogP) is 4.36. The molecule has 1 unspecified atom stereocenters. The van der Waals surface area contributed by atoms with Crippen LogP contribution in [0.15, 0.2) is 39.8 Å². The van der Waals surface area contributed by atoms with Crippen molar-refractivity contribution in [2.24, 2.45) is 4.99 Å². The third kappa shape index (κ3) is 7.74. The second-order valence-corrected chi connectivity index (χ2v) is 7.76. The Balaban J connectivity index is 1.94. The van der Waals surface area contributed by atoms with Crippen LogP contribution in [-0.4, -0.2) is 29.6 Å². The summed E-state index contributed by atoms with van der Waals surface area (Å²) < 4.78 is 5.48. The fourth-order valence-corrected chi connectivity index (χ4v) is 3.17. The predicted molar refractivity (Wildman–Crippen MR) is 125 cm³/mol. The molecular formula is C24H37N5O2. The standard InChI is InChI=1S/C24H37N5O2/c1-6-17(5)28-23(30)20-12-10-18(11-13-20)15-26-24(25-9-4)27-16-21-14-22(29-31-21)19(7-2)8-3/h10-14,17,19H,6-9,15-16H2,1-5H3,(H,28,30)(H2,25,26,27). The monoisotopic (exact) mass is 427 g/mol. The van der Waals surface area contributed by atoms with E-state index >= 15 is 0 Å². The van der Waals surface area contributed by atoms with Crippen molar-refractivity contribution in [3.05, 3.63) is 52.9 Å². The number of hydrogen-bond acceptors (Lipinski definition) is 4. The van der Waals surface area contributed by atoms with E-state index in [4.69, 9.17) is 4.52 Å². The van der Waals surface area contributed by atoms with E-state index in [2.05, 4.69) is 46.9 Å². The Kier molecular flexibility index (Phi) is 10.1. The first kappa shape index (κ1) is 24.4. The molecule has 0 spiro atoms. The van der Waals surface area contributed by atoms with E-state index in [0.717, 1.165) is 42.8 Å². The number of nitrogens with zero attached hydrogens (tertiary/aromatic N) is 2. The number of nitrogens with one attached hydrogen (secondary N) is 3. The number of aromatic nitrogens is 1. The van der Waals surface area contributed by atoms with Crippen molar-refractivity contribution in [2.45, 2.75) is 78.9 Å². The second-order valence-electron chi connectivity index (χ2n) is 7.76. The van der Waals surface area contributed by atoms with Crippen molar-refractivity contribution in [3.63, 3.8) is 0 Å². The summed E-state index contributed by atoms with van der Waals surface area (Å²) in [7, 11) is 0. The highest BCUT2D eigenvalue weighted by Gasteiger charge is 2.13. The van der Waals surface area contributed by atoms with E-state index < -0.39 is 0 Å². The highest BCUT2D eigenvalue weighted by Crippen LogP contribution is 2.22. The molecule has 1 amide bonds. The fourth-order valence-electron chi connectivity index (χ4n) is 3.17. The van der Waals surface area contributed by atoms with Crippen molar-refractivity contribution in [2.75, 3.05) is 6.54 Å². The van der Waals surface area contributed by atoms with Gasteiger partial charge in [-0.2, -0.15) is 0 Å². The minimum atomic E-state index is -0.0424. The average Bonchev–Trinajstić information content (AvgIpc) is 3.25. The lowest BCUT2D eigenvalue weighted by Crippen LogP contribution is -2.36. The zero-order valence-electron chi connectivity index (χ0n) is 19.5. The van der Waals surface area contributed by atoms with Crippen molar-refractivity contribution in [1.29, 1.82) is 0 Å². The number of rotatable bonds is 11. The second kappa shape index (κ2) is 12.8. The highest BCUT2D eigenvalue weighted by molar-refractivity contribution is 5.94. The van der Waals surface area contributed by atoms with Crippen LogP contribution in [0.1, 0.15) is 87.2 Å². The SMILES string of the molecule is CCNC(=NCc1ccc(C(=O)NC(C)CC)cc1)NCc1cc(C(CC)CC)no1. The first-order valence-electron chi connectivity index (χ1n) is 11.4. The maximum atomic E-state index is 12.2. The van der Waals surface area contributed by atoms with Crippen LogP contribution in [0.5, 0.6) is 0 Å². The quantitative estimate of drug-likeness (QED) is 0.366. The summed E-state index contributed by atoms with van der Waals surface area (Å²) in [5, 5.41) is 13.7. The molecule has 0 aliphatic carbocycles. The van der Waals surface area contributed by atoms with Crippen LogP contribution in [0.2, 0.25) is 0 Å². The van der Waals surface area contributed by atoms with Crippen LogP contribution in [0, 0.1) is 0 Å². The van der Waals surface area contributed by atoms with Crippen LogP contribution >= 0.6 is 0 Å². The number of carbonyl (C=O) groups excluding carboxylic acids is 1. The highest BCUT2D eigenvalue weighted by atomic mass is 16.5. The summed E-state index contributed by atoms with van der Waals surface area (Å²) in [4.78, 5) is 16.8. The van der Waals surface area contributed by atoms with Crippen LogP contribution in [0.25, 0.3) is 0 Å². The summed E-state index contributed by atoms with van der Waals surface area (Å²) in [5.41, 5.74) is 2.71. The van der Waals surface area contributed by atoms with Gasteiger partial charge in [-0.1, -0.05) is 38.1 Å². The van der Waals surface area contributed by atoms with Gasteiger partial charge in [-0.25, -0.2) is 4.99 Å². The first-order valence-corrected chi connectivity index (χ1v) is 11.4. The Morgan fingerprint density at radius 2 is 1.77 bits per heavy atom. The summed E-state index contributed by atoms with van der Waals surface area (Å²) in [6.45, 7) is 12.2. The lowest BCUT2D eigenvalue weighted by Gasteiger charge is -2.12. The summed E-state index contributed by atoms with van der Waals surface area (Å²) in [6, 6.07) is 9.76. The molecule has 3 N–H and O–H groups in total. The van der Waals surface area contributed by atoms with Crippen molar-refractivity contribution in [3.8, 4) is 0 Å². The Bertz CT molecular complexity index is 825. The lowest BCUT2D eigenvalue weighted by atomic mass is 9.99. The number of hydrogen-bond donors (Lipinski definition) is 3. The molecule has 0 saturated carbocycles. The number of guanidine groups is 1. The smallest absolute Gasteiger partial charge is 0.251 e. The molecule has 2 rings (SSSR count). The average molecular weight is 428 g/mol. The van der Waals surface area contributed by atoms with Gasteiger partial charge in [0.2, 0.25) is 0 Å². The molecule has 2 aromatic rings. The zero-order chi connectivity index (χ0) is 22.6. The molecular weight excluding hydrogens is 390 g/mol. The van der Waals surface area contributed by atoms with Crippen LogP contribution < -0.4 is 16.0 Å². The molecule has 1 aromatic heterocycles. The number of benzene rings is 1. The third-order valence-corrected chi connectivity index (χ3v) is 5.38. The fraction of sp³-hybridized carbons (Fsp3) is 0.542. The molecule has 0 saturated heterocycles. The van der Waals surface area contributed by atoms with Gasteiger partial charge >= 0.3 is 0 Å². The van der Waals surface area contributed by atoms with Crippen molar-refractivity contribution in [1.82, 2.24) is 21.1 Å². The number of aliphatic imine (C=N–C) groups is 1. The van der Waals surface area contributed by atoms with Crippen molar-refractivity contribution >= 4 is 11.9 Å². The number of amides is 1. The maximum Gasteiger partial charge on any atom is 0.251 e. The van der Waals surface area contributed by atoms with E-state index in [0.29, 0.717) is 30.5 Å². The first-order chi connectivity index (χ1) is 15.0. The third-order valence-electron chi connectivity index (χ3n) is 5.38. The van der Waals surface area contributed by atoms with Crippen molar-refractivity contribution < 1.29 is 9.32 Å². The van der Waals surface area contributed by atoms with Gasteiger partial charge in [0.1, 0.15) is 0 Å². The molecule has 0 aliphatic heterocycles. The van der Waals surface area contributed by atoms with E-state index in [1.807, 2.05) is 44.2 Å². The molecule has 1 aromatic carbocycles. The Labute approximate surface area is 186 Å². The largest absolute Gasteiger partial charge is 0.359 e. The molecule has 170 valence electrons. The summed E-state index contributed by atoms with van der Waals surface area (Å²) in [5.74, 6) is 1.90. The molecule has 0 aliphatic rings. The van der Waals surface area contributed by atoms with E-state index in [1.165, 1.54) is 0 Å². The molecule has 7 heteroatoms. The zero-order valence-corrected chi connectivity index (χ0v) is 19.5. The van der Waals surface area contributed by atoms with Crippen LogP contribution in [-0.2, 0) is 13.1 Å². The Morgan fingerprint density at radius 3 is 2.39 bits per heavy atom. The van der Waals surface area contributed by atoms with Gasteiger partial charge in [0.05, 0.1) is 18.8 Å². The Morgan fingerprint density at radius 1 is 1.06 bits per heavy atom. The van der Waals surface area contributed by atoms with Gasteiger partial charge in [-0.05, 0) is 50.8 Å². The molecule has 7 nitrogen and oxygen atoms in total. The van der Waals surface area contributed by atoms with Gasteiger partial charge in [-0.15, -0.1) is 0 Å². The van der Waals surface area contributed by atoms with E-state index in [9.17, 15) is 4.79 Å². The van der Waals surface area contributed by atoms with Crippen LogP contribution in [0.4, 0.5) is 0 Å². The minimum Gasteiger partial charge on any atom is -0.359 e. The molecule has 0 bridgehead atoms.